The van der Waals surface area contributed by atoms with E-state index >= 15 is 0 Å². The summed E-state index contributed by atoms with van der Waals surface area (Å²) in [6.07, 6.45) is 5.38. The number of imide groups is 1. The lowest BCUT2D eigenvalue weighted by Crippen LogP contribution is -2.40. The summed E-state index contributed by atoms with van der Waals surface area (Å²) >= 11 is 0. The molecule has 2 amide bonds. The fourth-order valence-electron chi connectivity index (χ4n) is 5.46. The zero-order valence-electron chi connectivity index (χ0n) is 14.8. The number of likely N-dealkylation sites (tertiary alicyclic amines) is 1. The van der Waals surface area contributed by atoms with E-state index in [0.29, 0.717) is 17.6 Å². The van der Waals surface area contributed by atoms with Crippen LogP contribution in [-0.4, -0.2) is 29.2 Å². The minimum absolute atomic E-state index is 0.173. The monoisotopic (exact) mass is 351 g/mol. The molecule has 0 spiro atoms. The fraction of sp³-hybridized carbons (Fsp3) is 0.476. The van der Waals surface area contributed by atoms with Crippen LogP contribution >= 0.6 is 0 Å². The molecule has 1 heterocycles. The first-order chi connectivity index (χ1) is 12.4. The van der Waals surface area contributed by atoms with Gasteiger partial charge >= 0.3 is 5.97 Å². The predicted molar refractivity (Wildman–Crippen MR) is 93.0 cm³/mol. The van der Waals surface area contributed by atoms with Crippen molar-refractivity contribution in [2.75, 3.05) is 6.54 Å². The Balaban J connectivity index is 1.33. The minimum Gasteiger partial charge on any atom is -0.425 e. The molecule has 134 valence electrons. The molecule has 0 N–H and O–H groups in total. The van der Waals surface area contributed by atoms with Crippen LogP contribution in [0.25, 0.3) is 0 Å². The van der Waals surface area contributed by atoms with Crippen molar-refractivity contribution >= 4 is 17.8 Å². The number of nitrogens with zero attached hydrogens (tertiary/aromatic N) is 1. The maximum absolute atomic E-state index is 12.9. The highest BCUT2D eigenvalue weighted by Crippen LogP contribution is 2.65. The molecule has 1 aromatic rings. The Morgan fingerprint density at radius 1 is 1.00 bits per heavy atom. The van der Waals surface area contributed by atoms with Gasteiger partial charge in [-0.2, -0.15) is 0 Å². The van der Waals surface area contributed by atoms with E-state index in [1.165, 1.54) is 0 Å². The minimum atomic E-state index is -0.569. The third-order valence-corrected chi connectivity index (χ3v) is 6.47. The van der Waals surface area contributed by atoms with Crippen molar-refractivity contribution in [3.63, 3.8) is 0 Å². The second kappa shape index (κ2) is 5.29. The third-order valence-electron chi connectivity index (χ3n) is 6.47. The van der Waals surface area contributed by atoms with Crippen molar-refractivity contribution in [3.8, 4) is 5.75 Å². The summed E-state index contributed by atoms with van der Waals surface area (Å²) in [6, 6.07) is 5.54. The number of aryl methyl sites for hydroxylation is 2. The third kappa shape index (κ3) is 2.19. The van der Waals surface area contributed by atoms with E-state index in [9.17, 15) is 14.4 Å². The molecule has 5 heteroatoms. The number of amides is 2. The molecule has 5 aliphatic rings. The van der Waals surface area contributed by atoms with E-state index in [0.717, 1.165) is 22.4 Å². The summed E-state index contributed by atoms with van der Waals surface area (Å²) in [4.78, 5) is 39.2. The summed E-state index contributed by atoms with van der Waals surface area (Å²) in [7, 11) is 0. The first-order valence-corrected chi connectivity index (χ1v) is 9.26. The lowest BCUT2D eigenvalue weighted by atomic mass is 9.63. The van der Waals surface area contributed by atoms with Gasteiger partial charge in [-0.15, -0.1) is 0 Å². The van der Waals surface area contributed by atoms with Crippen LogP contribution in [-0.2, 0) is 14.4 Å². The van der Waals surface area contributed by atoms with Crippen LogP contribution in [0.15, 0.2) is 30.4 Å². The van der Waals surface area contributed by atoms with E-state index < -0.39 is 5.97 Å². The zero-order valence-corrected chi connectivity index (χ0v) is 14.8. The number of carbonyl (C=O) groups is 3. The standard InChI is InChI=1S/C21H21NO4/c1-10-5-11(2)7-12(6-10)26-17(23)9-22-20(24)18-13-3-4-14(16-8-15(13)16)19(18)21(22)25/h3-7,13-16,18-19H,8-9H2,1-2H3/t13-,14-,15-,16-,18-,19+/m0/s1. The van der Waals surface area contributed by atoms with Crippen LogP contribution in [0, 0.1) is 49.4 Å². The van der Waals surface area contributed by atoms with Gasteiger partial charge in [0, 0.05) is 0 Å². The molecule has 0 aromatic heterocycles. The fourth-order valence-corrected chi connectivity index (χ4v) is 5.46. The quantitative estimate of drug-likeness (QED) is 0.363. The second-order valence-corrected chi connectivity index (χ2v) is 8.21. The van der Waals surface area contributed by atoms with Gasteiger partial charge in [-0.3, -0.25) is 14.5 Å². The van der Waals surface area contributed by atoms with Gasteiger partial charge in [0.15, 0.2) is 0 Å². The molecule has 5 nitrogen and oxygen atoms in total. The Morgan fingerprint density at radius 3 is 2.08 bits per heavy atom. The van der Waals surface area contributed by atoms with E-state index in [1.807, 2.05) is 19.9 Å². The summed E-state index contributed by atoms with van der Waals surface area (Å²) in [6.45, 7) is 3.56. The van der Waals surface area contributed by atoms with Crippen LogP contribution in [0.2, 0.25) is 0 Å². The Kier molecular flexibility index (Phi) is 3.21. The average molecular weight is 351 g/mol. The van der Waals surface area contributed by atoms with Crippen LogP contribution in [0.5, 0.6) is 5.75 Å². The van der Waals surface area contributed by atoms with Crippen molar-refractivity contribution in [2.24, 2.45) is 35.5 Å². The number of rotatable bonds is 3. The first kappa shape index (κ1) is 15.8. The van der Waals surface area contributed by atoms with Crippen LogP contribution in [0.3, 0.4) is 0 Å². The second-order valence-electron chi connectivity index (χ2n) is 8.21. The van der Waals surface area contributed by atoms with Gasteiger partial charge in [-0.25, -0.2) is 4.79 Å². The van der Waals surface area contributed by atoms with Gasteiger partial charge < -0.3 is 4.74 Å². The van der Waals surface area contributed by atoms with E-state index in [2.05, 4.69) is 12.2 Å². The number of esters is 1. The number of carbonyl (C=O) groups excluding carboxylic acids is 3. The van der Waals surface area contributed by atoms with E-state index in [-0.39, 0.29) is 42.0 Å². The van der Waals surface area contributed by atoms with Crippen LogP contribution in [0.1, 0.15) is 17.5 Å². The van der Waals surface area contributed by atoms with Crippen molar-refractivity contribution in [3.05, 3.63) is 41.5 Å². The molecule has 1 aromatic carbocycles. The summed E-state index contributed by atoms with van der Waals surface area (Å²) in [5, 5.41) is 0. The molecule has 0 unspecified atom stereocenters. The molecule has 6 atom stereocenters. The van der Waals surface area contributed by atoms with Gasteiger partial charge in [0.2, 0.25) is 11.8 Å². The van der Waals surface area contributed by atoms with Crippen LogP contribution < -0.4 is 4.74 Å². The van der Waals surface area contributed by atoms with Gasteiger partial charge in [0.05, 0.1) is 11.8 Å². The Morgan fingerprint density at radius 2 is 1.54 bits per heavy atom. The highest BCUT2D eigenvalue weighted by atomic mass is 16.5. The van der Waals surface area contributed by atoms with Crippen LogP contribution in [0.4, 0.5) is 0 Å². The Bertz CT molecular complexity index is 817. The smallest absolute Gasteiger partial charge is 0.331 e. The molecule has 2 bridgehead atoms. The molecule has 3 fully saturated rings. The topological polar surface area (TPSA) is 63.7 Å². The number of hydrogen-bond donors (Lipinski definition) is 0. The molecule has 1 aliphatic heterocycles. The normalized spacial score (nSPS) is 36.2. The summed E-state index contributed by atoms with van der Waals surface area (Å²) in [5.74, 6) is 0.427. The summed E-state index contributed by atoms with van der Waals surface area (Å²) in [5.41, 5.74) is 1.99. The van der Waals surface area contributed by atoms with Crippen molar-refractivity contribution in [1.82, 2.24) is 4.90 Å². The highest BCUT2D eigenvalue weighted by Gasteiger charge is 2.67. The lowest BCUT2D eigenvalue weighted by Gasteiger charge is -2.37. The number of allylic oxidation sites excluding steroid dienone is 2. The Hall–Kier alpha value is -2.43. The number of hydrogen-bond acceptors (Lipinski definition) is 4. The maximum atomic E-state index is 12.9. The molecule has 2 saturated carbocycles. The largest absolute Gasteiger partial charge is 0.425 e. The molecule has 26 heavy (non-hydrogen) atoms. The molecule has 1 saturated heterocycles. The zero-order chi connectivity index (χ0) is 18.2. The van der Waals surface area contributed by atoms with Crippen molar-refractivity contribution < 1.29 is 19.1 Å². The van der Waals surface area contributed by atoms with Gasteiger partial charge in [0.25, 0.3) is 0 Å². The van der Waals surface area contributed by atoms with Gasteiger partial charge in [0.1, 0.15) is 12.3 Å². The molecule has 6 rings (SSSR count). The maximum Gasteiger partial charge on any atom is 0.331 e. The SMILES string of the molecule is Cc1cc(C)cc(OC(=O)CN2C(=O)[C@@H]3[C@H]4C=C[C@@H]([C@@H]5C[C@@H]45)[C@@H]3C2=O)c1. The number of ether oxygens (including phenoxy) is 1. The Labute approximate surface area is 152 Å². The van der Waals surface area contributed by atoms with Crippen molar-refractivity contribution in [1.29, 1.82) is 0 Å². The predicted octanol–water partition coefficient (Wildman–Crippen LogP) is 2.26. The number of benzene rings is 1. The molecule has 0 radical (unpaired) electrons. The first-order valence-electron chi connectivity index (χ1n) is 9.26. The average Bonchev–Trinajstić information content (AvgIpc) is 3.35. The summed E-state index contributed by atoms with van der Waals surface area (Å²) < 4.78 is 5.39. The highest BCUT2D eigenvalue weighted by molar-refractivity contribution is 6.08. The lowest BCUT2D eigenvalue weighted by molar-refractivity contribution is -0.148. The molecular weight excluding hydrogens is 330 g/mol. The van der Waals surface area contributed by atoms with Crippen molar-refractivity contribution in [2.45, 2.75) is 20.3 Å². The molecular formula is C21H21NO4. The van der Waals surface area contributed by atoms with E-state index in [1.54, 1.807) is 12.1 Å². The van der Waals surface area contributed by atoms with Gasteiger partial charge in [-0.05, 0) is 67.2 Å². The van der Waals surface area contributed by atoms with Gasteiger partial charge in [-0.1, -0.05) is 18.2 Å². The molecule has 4 aliphatic carbocycles. The van der Waals surface area contributed by atoms with E-state index in [4.69, 9.17) is 4.74 Å².